The third-order valence-electron chi connectivity index (χ3n) is 5.26. The third-order valence-corrected chi connectivity index (χ3v) is 5.26. The van der Waals surface area contributed by atoms with Crippen LogP contribution >= 0.6 is 0 Å². The van der Waals surface area contributed by atoms with Gasteiger partial charge in [0.2, 0.25) is 11.8 Å². The van der Waals surface area contributed by atoms with Crippen molar-refractivity contribution in [2.45, 2.75) is 31.7 Å². The van der Waals surface area contributed by atoms with Gasteiger partial charge in [0, 0.05) is 31.6 Å². The highest BCUT2D eigenvalue weighted by Gasteiger charge is 2.34. The quantitative estimate of drug-likeness (QED) is 0.774. The van der Waals surface area contributed by atoms with Gasteiger partial charge in [-0.1, -0.05) is 17.3 Å². The van der Waals surface area contributed by atoms with Gasteiger partial charge < -0.3 is 9.42 Å². The first-order chi connectivity index (χ1) is 13.0. The summed E-state index contributed by atoms with van der Waals surface area (Å²) < 4.78 is 18.9. The number of hydrogen-bond donors (Lipinski definition) is 0. The Bertz CT molecular complexity index is 874. The first kappa shape index (κ1) is 17.9. The van der Waals surface area contributed by atoms with Crippen LogP contribution in [0.25, 0.3) is 5.57 Å². The fourth-order valence-corrected chi connectivity index (χ4v) is 3.32. The van der Waals surface area contributed by atoms with Crippen molar-refractivity contribution in [3.8, 4) is 0 Å². The zero-order valence-corrected chi connectivity index (χ0v) is 15.6. The number of halogens is 1. The van der Waals surface area contributed by atoms with Crippen LogP contribution in [0.2, 0.25) is 0 Å². The number of allylic oxidation sites excluding steroid dienone is 1. The number of benzene rings is 1. The molecule has 0 spiro atoms. The number of rotatable bonds is 4. The van der Waals surface area contributed by atoms with Crippen molar-refractivity contribution in [1.82, 2.24) is 19.9 Å². The fraction of sp³-hybridized carbons (Fsp3) is 0.450. The molecule has 0 N–H and O–H groups in total. The standard InChI is InChI=1S/C20H23FN4O2/c1-13(15-4-3-5-16(21)11-15)10-18(26)25-9-8-24(2)17(12-25)20-22-19(23-27-20)14-6-7-14/h3-5,10-11,14,17H,6-9,12H2,1-2H3/b13-10+. The molecule has 2 aromatic rings. The van der Waals surface area contributed by atoms with Crippen molar-refractivity contribution >= 4 is 11.5 Å². The predicted molar refractivity (Wildman–Crippen MR) is 98.3 cm³/mol. The largest absolute Gasteiger partial charge is 0.338 e. The molecule has 0 radical (unpaired) electrons. The molecule has 1 aliphatic carbocycles. The van der Waals surface area contributed by atoms with Gasteiger partial charge in [0.25, 0.3) is 0 Å². The molecule has 1 aromatic carbocycles. The predicted octanol–water partition coefficient (Wildman–Crippen LogP) is 3.00. The highest BCUT2D eigenvalue weighted by atomic mass is 19.1. The van der Waals surface area contributed by atoms with Crippen molar-refractivity contribution in [3.63, 3.8) is 0 Å². The van der Waals surface area contributed by atoms with E-state index in [0.717, 1.165) is 30.8 Å². The van der Waals surface area contributed by atoms with Crippen LogP contribution in [-0.4, -0.2) is 52.5 Å². The molecule has 6 nitrogen and oxygen atoms in total. The molecule has 142 valence electrons. The fourth-order valence-electron chi connectivity index (χ4n) is 3.32. The molecular formula is C20H23FN4O2. The lowest BCUT2D eigenvalue weighted by atomic mass is 10.1. The van der Waals surface area contributed by atoms with E-state index in [-0.39, 0.29) is 17.8 Å². The van der Waals surface area contributed by atoms with Crippen LogP contribution in [-0.2, 0) is 4.79 Å². The Balaban J connectivity index is 1.48. The Labute approximate surface area is 157 Å². The zero-order valence-electron chi connectivity index (χ0n) is 15.6. The lowest BCUT2D eigenvalue weighted by Gasteiger charge is -2.37. The minimum absolute atomic E-state index is 0.0863. The summed E-state index contributed by atoms with van der Waals surface area (Å²) in [5.41, 5.74) is 1.45. The van der Waals surface area contributed by atoms with Crippen molar-refractivity contribution in [3.05, 3.63) is 53.4 Å². The van der Waals surface area contributed by atoms with Crippen molar-refractivity contribution in [1.29, 1.82) is 0 Å². The number of carbonyl (C=O) groups excluding carboxylic acids is 1. The molecule has 1 amide bonds. The van der Waals surface area contributed by atoms with Crippen LogP contribution in [0.3, 0.4) is 0 Å². The first-order valence-electron chi connectivity index (χ1n) is 9.28. The summed E-state index contributed by atoms with van der Waals surface area (Å²) in [6.07, 6.45) is 3.81. The summed E-state index contributed by atoms with van der Waals surface area (Å²) in [5.74, 6) is 1.39. The minimum Gasteiger partial charge on any atom is -0.338 e. The molecule has 1 saturated heterocycles. The van der Waals surface area contributed by atoms with E-state index in [1.165, 1.54) is 12.1 Å². The second-order valence-corrected chi connectivity index (χ2v) is 7.38. The average Bonchev–Trinajstić information content (AvgIpc) is 3.39. The van der Waals surface area contributed by atoms with Crippen molar-refractivity contribution < 1.29 is 13.7 Å². The topological polar surface area (TPSA) is 62.5 Å². The van der Waals surface area contributed by atoms with Crippen LogP contribution in [0.15, 0.2) is 34.9 Å². The normalized spacial score (nSPS) is 21.5. The van der Waals surface area contributed by atoms with Gasteiger partial charge >= 0.3 is 0 Å². The molecular weight excluding hydrogens is 347 g/mol. The molecule has 1 saturated carbocycles. The van der Waals surface area contributed by atoms with E-state index in [1.54, 1.807) is 23.1 Å². The number of carbonyl (C=O) groups is 1. The third kappa shape index (κ3) is 3.93. The number of hydrogen-bond acceptors (Lipinski definition) is 5. The molecule has 7 heteroatoms. The molecule has 1 unspecified atom stereocenters. The SMILES string of the molecule is C/C(=C\C(=O)N1CCN(C)C(c2nc(C3CC3)no2)C1)c1cccc(F)c1. The maximum absolute atomic E-state index is 13.4. The van der Waals surface area contributed by atoms with Crippen molar-refractivity contribution in [2.75, 3.05) is 26.7 Å². The van der Waals surface area contributed by atoms with Crippen LogP contribution in [0, 0.1) is 5.82 Å². The summed E-state index contributed by atoms with van der Waals surface area (Å²) in [6, 6.07) is 6.16. The second-order valence-electron chi connectivity index (χ2n) is 7.38. The van der Waals surface area contributed by atoms with E-state index in [1.807, 2.05) is 14.0 Å². The monoisotopic (exact) mass is 370 g/mol. The van der Waals surface area contributed by atoms with Crippen LogP contribution in [0.4, 0.5) is 4.39 Å². The van der Waals surface area contributed by atoms with Gasteiger partial charge in [-0.2, -0.15) is 4.98 Å². The average molecular weight is 370 g/mol. The number of aromatic nitrogens is 2. The molecule has 0 bridgehead atoms. The van der Waals surface area contributed by atoms with E-state index in [9.17, 15) is 9.18 Å². The zero-order chi connectivity index (χ0) is 19.0. The maximum Gasteiger partial charge on any atom is 0.246 e. The van der Waals surface area contributed by atoms with Crippen LogP contribution in [0.5, 0.6) is 0 Å². The minimum atomic E-state index is -0.310. The van der Waals surface area contributed by atoms with E-state index < -0.39 is 0 Å². The van der Waals surface area contributed by atoms with Crippen molar-refractivity contribution in [2.24, 2.45) is 0 Å². The summed E-state index contributed by atoms with van der Waals surface area (Å²) in [5, 5.41) is 4.09. The van der Waals surface area contributed by atoms with Gasteiger partial charge in [-0.05, 0) is 50.1 Å². The Hall–Kier alpha value is -2.54. The lowest BCUT2D eigenvalue weighted by Crippen LogP contribution is -2.48. The first-order valence-corrected chi connectivity index (χ1v) is 9.28. The lowest BCUT2D eigenvalue weighted by molar-refractivity contribution is -0.129. The molecule has 27 heavy (non-hydrogen) atoms. The summed E-state index contributed by atoms with van der Waals surface area (Å²) in [4.78, 5) is 21.2. The molecule has 1 aromatic heterocycles. The van der Waals surface area contributed by atoms with Gasteiger partial charge in [-0.15, -0.1) is 0 Å². The highest BCUT2D eigenvalue weighted by Crippen LogP contribution is 2.38. The summed E-state index contributed by atoms with van der Waals surface area (Å²) in [7, 11) is 2.00. The van der Waals surface area contributed by atoms with Crippen LogP contribution in [0.1, 0.15) is 49.0 Å². The molecule has 2 aliphatic rings. The van der Waals surface area contributed by atoms with E-state index in [0.29, 0.717) is 30.5 Å². The highest BCUT2D eigenvalue weighted by molar-refractivity contribution is 5.95. The molecule has 1 atom stereocenters. The van der Waals surface area contributed by atoms with Crippen LogP contribution < -0.4 is 0 Å². The van der Waals surface area contributed by atoms with Gasteiger partial charge in [-0.25, -0.2) is 4.39 Å². The number of likely N-dealkylation sites (N-methyl/N-ethyl adjacent to an activating group) is 1. The summed E-state index contributed by atoms with van der Waals surface area (Å²) >= 11 is 0. The van der Waals surface area contributed by atoms with Gasteiger partial charge in [0.1, 0.15) is 11.9 Å². The Morgan fingerprint density at radius 3 is 2.89 bits per heavy atom. The van der Waals surface area contributed by atoms with E-state index in [4.69, 9.17) is 4.52 Å². The molecule has 1 aliphatic heterocycles. The van der Waals surface area contributed by atoms with Gasteiger partial charge in [0.05, 0.1) is 0 Å². The van der Waals surface area contributed by atoms with Gasteiger partial charge in [0.15, 0.2) is 5.82 Å². The Kier molecular flexibility index (Phi) is 4.78. The van der Waals surface area contributed by atoms with E-state index >= 15 is 0 Å². The summed E-state index contributed by atoms with van der Waals surface area (Å²) in [6.45, 7) is 3.67. The van der Waals surface area contributed by atoms with Gasteiger partial charge in [-0.3, -0.25) is 9.69 Å². The number of amides is 1. The Morgan fingerprint density at radius 1 is 1.33 bits per heavy atom. The number of piperazine rings is 1. The smallest absolute Gasteiger partial charge is 0.246 e. The maximum atomic E-state index is 13.4. The van der Waals surface area contributed by atoms with E-state index in [2.05, 4.69) is 15.0 Å². The second kappa shape index (κ2) is 7.23. The molecule has 2 heterocycles. The Morgan fingerprint density at radius 2 is 2.15 bits per heavy atom. The molecule has 2 fully saturated rings. The number of nitrogens with zero attached hydrogens (tertiary/aromatic N) is 4. The molecule has 4 rings (SSSR count).